The fourth-order valence-electron chi connectivity index (χ4n) is 3.70. The van der Waals surface area contributed by atoms with Crippen molar-refractivity contribution in [3.8, 4) is 0 Å². The van der Waals surface area contributed by atoms with Gasteiger partial charge in [-0.1, -0.05) is 18.2 Å². The number of amides is 1. The highest BCUT2D eigenvalue weighted by atomic mass is 32.2. The summed E-state index contributed by atoms with van der Waals surface area (Å²) >= 11 is 0. The second kappa shape index (κ2) is 5.28. The number of allylic oxidation sites excluding steroid dienone is 1. The lowest BCUT2D eigenvalue weighted by Crippen LogP contribution is -2.53. The van der Waals surface area contributed by atoms with E-state index < -0.39 is 39.1 Å². The van der Waals surface area contributed by atoms with Gasteiger partial charge in [0.15, 0.2) is 20.4 Å². The molecule has 2 N–H and O–H groups in total. The molecule has 1 fully saturated rings. The number of aliphatic hydroxyl groups is 1. The van der Waals surface area contributed by atoms with Crippen molar-refractivity contribution in [2.75, 3.05) is 6.61 Å². The van der Waals surface area contributed by atoms with E-state index in [4.69, 9.17) is 0 Å². The number of nitrogens with one attached hydrogen (secondary N) is 1. The van der Waals surface area contributed by atoms with Crippen LogP contribution in [0.25, 0.3) is 0 Å². The van der Waals surface area contributed by atoms with Crippen LogP contribution in [0.1, 0.15) is 13.3 Å². The summed E-state index contributed by atoms with van der Waals surface area (Å²) in [4.78, 5) is 24.6. The number of sulfone groups is 1. The smallest absolute Gasteiger partial charge is 0.246 e. The fourth-order valence-corrected chi connectivity index (χ4v) is 6.02. The minimum atomic E-state index is -4.07. The first-order valence-corrected chi connectivity index (χ1v) is 8.77. The monoisotopic (exact) mass is 335 g/mol. The summed E-state index contributed by atoms with van der Waals surface area (Å²) in [6.07, 6.45) is 1.14. The average Bonchev–Trinajstić information content (AvgIpc) is 2.81. The molecule has 0 saturated carbocycles. The van der Waals surface area contributed by atoms with Crippen LogP contribution in [0.4, 0.5) is 0 Å². The molecule has 23 heavy (non-hydrogen) atoms. The molecular formula is C16H17NO5S. The number of fused-ring (bicyclic) bond motifs is 1. The van der Waals surface area contributed by atoms with Crippen LogP contribution in [0.3, 0.4) is 0 Å². The van der Waals surface area contributed by atoms with E-state index in [2.05, 4.69) is 5.32 Å². The molecule has 3 atom stereocenters. The fraction of sp³-hybridized carbons (Fsp3) is 0.375. The van der Waals surface area contributed by atoms with E-state index in [-0.39, 0.29) is 22.7 Å². The number of ketones is 1. The Hall–Kier alpha value is -1.99. The minimum absolute atomic E-state index is 0.0286. The van der Waals surface area contributed by atoms with E-state index in [1.165, 1.54) is 25.1 Å². The SMILES string of the molecule is CC1=CC(=O)C[C@@H]2[C@@H](CO)NC(=O)[C@]12S(=O)(=O)c1ccccc1. The summed E-state index contributed by atoms with van der Waals surface area (Å²) in [6, 6.07) is 6.97. The largest absolute Gasteiger partial charge is 0.394 e. The van der Waals surface area contributed by atoms with Gasteiger partial charge in [0.25, 0.3) is 0 Å². The van der Waals surface area contributed by atoms with Gasteiger partial charge in [0, 0.05) is 12.3 Å². The summed E-state index contributed by atoms with van der Waals surface area (Å²) in [5, 5.41) is 12.1. The molecule has 3 rings (SSSR count). The molecule has 1 aromatic rings. The zero-order valence-corrected chi connectivity index (χ0v) is 13.3. The Morgan fingerprint density at radius 3 is 2.52 bits per heavy atom. The van der Waals surface area contributed by atoms with Crippen LogP contribution in [-0.4, -0.2) is 42.6 Å². The Morgan fingerprint density at radius 2 is 1.91 bits per heavy atom. The van der Waals surface area contributed by atoms with Crippen molar-refractivity contribution in [3.63, 3.8) is 0 Å². The molecule has 6 nitrogen and oxygen atoms in total. The van der Waals surface area contributed by atoms with Crippen molar-refractivity contribution in [2.24, 2.45) is 5.92 Å². The van der Waals surface area contributed by atoms with Gasteiger partial charge < -0.3 is 10.4 Å². The van der Waals surface area contributed by atoms with E-state index in [1.54, 1.807) is 18.2 Å². The van der Waals surface area contributed by atoms with Crippen LogP contribution >= 0.6 is 0 Å². The highest BCUT2D eigenvalue weighted by molar-refractivity contribution is 7.94. The zero-order valence-electron chi connectivity index (χ0n) is 12.5. The van der Waals surface area contributed by atoms with E-state index in [0.29, 0.717) is 0 Å². The van der Waals surface area contributed by atoms with E-state index in [0.717, 1.165) is 0 Å². The molecule has 0 spiro atoms. The maximum absolute atomic E-state index is 13.3. The highest BCUT2D eigenvalue weighted by Gasteiger charge is 2.65. The number of benzene rings is 1. The molecular weight excluding hydrogens is 318 g/mol. The Morgan fingerprint density at radius 1 is 1.26 bits per heavy atom. The van der Waals surface area contributed by atoms with Crippen LogP contribution < -0.4 is 5.32 Å². The Kier molecular flexibility index (Phi) is 3.65. The average molecular weight is 335 g/mol. The van der Waals surface area contributed by atoms with Crippen molar-refractivity contribution in [1.29, 1.82) is 0 Å². The molecule has 0 radical (unpaired) electrons. The molecule has 0 aromatic heterocycles. The van der Waals surface area contributed by atoms with Crippen LogP contribution in [0.15, 0.2) is 46.9 Å². The van der Waals surface area contributed by atoms with Crippen molar-refractivity contribution in [3.05, 3.63) is 42.0 Å². The van der Waals surface area contributed by atoms with Crippen molar-refractivity contribution >= 4 is 21.5 Å². The quantitative estimate of drug-likeness (QED) is 0.823. The van der Waals surface area contributed by atoms with Gasteiger partial charge in [-0.2, -0.15) is 0 Å². The summed E-state index contributed by atoms with van der Waals surface area (Å²) in [7, 11) is -4.07. The van der Waals surface area contributed by atoms with Crippen molar-refractivity contribution in [1.82, 2.24) is 5.32 Å². The predicted molar refractivity (Wildman–Crippen MR) is 82.2 cm³/mol. The third-order valence-corrected chi connectivity index (χ3v) is 7.27. The molecule has 1 aliphatic carbocycles. The van der Waals surface area contributed by atoms with Gasteiger partial charge in [-0.05, 0) is 30.7 Å². The third kappa shape index (κ3) is 2.00. The zero-order chi connectivity index (χ0) is 16.8. The number of rotatable bonds is 3. The summed E-state index contributed by atoms with van der Waals surface area (Å²) in [5.41, 5.74) is 0.205. The molecule has 122 valence electrons. The standard InChI is InChI=1S/C16H17NO5S/c1-10-7-11(19)8-13-14(9-18)17-15(20)16(10,13)23(21,22)12-5-3-2-4-6-12/h2-7,13-14,18H,8-9H2,1H3,(H,17,20)/t13-,14-,16+/m1/s1. The van der Waals surface area contributed by atoms with Gasteiger partial charge in [-0.3, -0.25) is 9.59 Å². The molecule has 1 heterocycles. The number of hydrogen-bond donors (Lipinski definition) is 2. The molecule has 1 amide bonds. The van der Waals surface area contributed by atoms with Gasteiger partial charge in [-0.15, -0.1) is 0 Å². The summed E-state index contributed by atoms with van der Waals surface area (Å²) in [6.45, 7) is 1.08. The minimum Gasteiger partial charge on any atom is -0.394 e. The first kappa shape index (κ1) is 15.9. The predicted octanol–water partition coefficient (Wildman–Crippen LogP) is 0.225. The van der Waals surface area contributed by atoms with Gasteiger partial charge in [0.05, 0.1) is 17.5 Å². The molecule has 0 bridgehead atoms. The van der Waals surface area contributed by atoms with E-state index in [1.807, 2.05) is 0 Å². The van der Waals surface area contributed by atoms with Crippen LogP contribution in [0.2, 0.25) is 0 Å². The second-order valence-electron chi connectivity index (χ2n) is 5.92. The first-order valence-electron chi connectivity index (χ1n) is 7.28. The van der Waals surface area contributed by atoms with Gasteiger partial charge in [-0.25, -0.2) is 8.42 Å². The number of aliphatic hydroxyl groups excluding tert-OH is 1. The van der Waals surface area contributed by atoms with Crippen LogP contribution in [0, 0.1) is 5.92 Å². The molecule has 1 saturated heterocycles. The summed E-state index contributed by atoms with van der Waals surface area (Å²) < 4.78 is 24.7. The molecule has 0 unspecified atom stereocenters. The lowest BCUT2D eigenvalue weighted by Gasteiger charge is -2.36. The third-order valence-electron chi connectivity index (χ3n) is 4.72. The van der Waals surface area contributed by atoms with Gasteiger partial charge in [0.2, 0.25) is 5.91 Å². The van der Waals surface area contributed by atoms with Crippen molar-refractivity contribution in [2.45, 2.75) is 29.0 Å². The highest BCUT2D eigenvalue weighted by Crippen LogP contribution is 2.48. The number of hydrogen-bond acceptors (Lipinski definition) is 5. The normalized spacial score (nSPS) is 30.6. The van der Waals surface area contributed by atoms with Gasteiger partial charge in [0.1, 0.15) is 0 Å². The molecule has 2 aliphatic rings. The van der Waals surface area contributed by atoms with Crippen LogP contribution in [-0.2, 0) is 19.4 Å². The molecule has 1 aromatic carbocycles. The summed E-state index contributed by atoms with van der Waals surface area (Å²) in [5.74, 6) is -1.73. The Balaban J connectivity index is 2.29. The Bertz CT molecular complexity index is 799. The maximum Gasteiger partial charge on any atom is 0.246 e. The van der Waals surface area contributed by atoms with Crippen molar-refractivity contribution < 1.29 is 23.1 Å². The molecule has 1 aliphatic heterocycles. The lowest BCUT2D eigenvalue weighted by atomic mass is 9.76. The van der Waals surface area contributed by atoms with Gasteiger partial charge >= 0.3 is 0 Å². The topological polar surface area (TPSA) is 101 Å². The lowest BCUT2D eigenvalue weighted by molar-refractivity contribution is -0.121. The first-order chi connectivity index (χ1) is 10.9. The van der Waals surface area contributed by atoms with E-state index >= 15 is 0 Å². The maximum atomic E-state index is 13.3. The second-order valence-corrected chi connectivity index (χ2v) is 8.04. The van der Waals surface area contributed by atoms with Crippen LogP contribution in [0.5, 0.6) is 0 Å². The van der Waals surface area contributed by atoms with E-state index in [9.17, 15) is 23.1 Å². The number of carbonyl (C=O) groups excluding carboxylic acids is 2. The Labute approximate surface area is 134 Å². The molecule has 7 heteroatoms. The number of carbonyl (C=O) groups is 2.